The Kier molecular flexibility index (Phi) is 3.28. The van der Waals surface area contributed by atoms with Gasteiger partial charge in [-0.1, -0.05) is 12.1 Å². The summed E-state index contributed by atoms with van der Waals surface area (Å²) in [5.41, 5.74) is 4.76. The number of ether oxygens (including phenoxy) is 1. The highest BCUT2D eigenvalue weighted by Gasteiger charge is 2.08. The molecule has 1 aromatic rings. The van der Waals surface area contributed by atoms with Crippen LogP contribution in [0.3, 0.4) is 0 Å². The fourth-order valence-corrected chi connectivity index (χ4v) is 1.43. The minimum Gasteiger partial charge on any atom is -0.469 e. The van der Waals surface area contributed by atoms with Crippen molar-refractivity contribution in [3.05, 3.63) is 34.4 Å². The van der Waals surface area contributed by atoms with Crippen LogP contribution in [0.4, 0.5) is 0 Å². The van der Waals surface area contributed by atoms with E-state index < -0.39 is 0 Å². The summed E-state index contributed by atoms with van der Waals surface area (Å²) in [6.07, 6.45) is 0.365. The fraction of sp³-hybridized carbons (Fsp3) is 0.417. The number of methoxy groups -OCH3 is 1. The van der Waals surface area contributed by atoms with Crippen LogP contribution in [-0.2, 0) is 16.0 Å². The molecule has 0 unspecified atom stereocenters. The molecule has 0 fully saturated rings. The number of aryl methyl sites for hydroxylation is 1. The molecule has 0 bridgehead atoms. The highest BCUT2D eigenvalue weighted by Crippen LogP contribution is 2.17. The number of esters is 1. The Morgan fingerprint density at radius 1 is 1.21 bits per heavy atom. The molecule has 1 rings (SSSR count). The maximum absolute atomic E-state index is 11.1. The van der Waals surface area contributed by atoms with Gasteiger partial charge in [0.05, 0.1) is 13.5 Å². The van der Waals surface area contributed by atoms with Crippen molar-refractivity contribution in [2.45, 2.75) is 27.2 Å². The molecule has 14 heavy (non-hydrogen) atoms. The molecule has 2 heteroatoms. The molecule has 0 aliphatic rings. The van der Waals surface area contributed by atoms with Crippen molar-refractivity contribution in [3.63, 3.8) is 0 Å². The second-order valence-corrected chi connectivity index (χ2v) is 3.54. The van der Waals surface area contributed by atoms with Gasteiger partial charge in [-0.3, -0.25) is 4.79 Å². The van der Waals surface area contributed by atoms with E-state index >= 15 is 0 Å². The van der Waals surface area contributed by atoms with Crippen LogP contribution in [0, 0.1) is 20.8 Å². The molecular weight excluding hydrogens is 176 g/mol. The fourth-order valence-electron chi connectivity index (χ4n) is 1.43. The minimum absolute atomic E-state index is 0.184. The predicted molar refractivity (Wildman–Crippen MR) is 56.4 cm³/mol. The first-order chi connectivity index (χ1) is 6.56. The maximum Gasteiger partial charge on any atom is 0.309 e. The second-order valence-electron chi connectivity index (χ2n) is 3.54. The summed E-state index contributed by atoms with van der Waals surface area (Å²) >= 11 is 0. The third-order valence-electron chi connectivity index (χ3n) is 2.73. The Morgan fingerprint density at radius 2 is 1.86 bits per heavy atom. The van der Waals surface area contributed by atoms with Gasteiger partial charge in [0, 0.05) is 0 Å². The first kappa shape index (κ1) is 10.8. The molecular formula is C12H16O2. The van der Waals surface area contributed by atoms with E-state index in [1.165, 1.54) is 23.8 Å². The van der Waals surface area contributed by atoms with E-state index in [1.807, 2.05) is 19.1 Å². The monoisotopic (exact) mass is 192 g/mol. The first-order valence-corrected chi connectivity index (χ1v) is 4.68. The van der Waals surface area contributed by atoms with Gasteiger partial charge in [0.2, 0.25) is 0 Å². The van der Waals surface area contributed by atoms with E-state index in [-0.39, 0.29) is 5.97 Å². The number of rotatable bonds is 2. The van der Waals surface area contributed by atoms with E-state index in [0.717, 1.165) is 5.56 Å². The van der Waals surface area contributed by atoms with Crippen molar-refractivity contribution < 1.29 is 9.53 Å². The van der Waals surface area contributed by atoms with Crippen molar-refractivity contribution in [2.75, 3.05) is 7.11 Å². The summed E-state index contributed by atoms with van der Waals surface area (Å²) in [4.78, 5) is 11.1. The molecule has 0 atom stereocenters. The number of benzene rings is 1. The van der Waals surface area contributed by atoms with Gasteiger partial charge >= 0.3 is 5.97 Å². The van der Waals surface area contributed by atoms with E-state index in [9.17, 15) is 4.79 Å². The molecule has 0 N–H and O–H groups in total. The van der Waals surface area contributed by atoms with Crippen LogP contribution >= 0.6 is 0 Å². The number of hydrogen-bond donors (Lipinski definition) is 0. The maximum atomic E-state index is 11.1. The third kappa shape index (κ3) is 2.13. The van der Waals surface area contributed by atoms with Gasteiger partial charge in [0.25, 0.3) is 0 Å². The molecule has 0 aliphatic heterocycles. The molecule has 0 heterocycles. The molecule has 0 aromatic heterocycles. The Labute approximate surface area is 84.9 Å². The molecule has 1 aromatic carbocycles. The van der Waals surface area contributed by atoms with Crippen LogP contribution in [0.1, 0.15) is 22.3 Å². The smallest absolute Gasteiger partial charge is 0.309 e. The van der Waals surface area contributed by atoms with Crippen LogP contribution in [0.15, 0.2) is 12.1 Å². The molecule has 0 saturated heterocycles. The topological polar surface area (TPSA) is 26.3 Å². The van der Waals surface area contributed by atoms with E-state index in [0.29, 0.717) is 6.42 Å². The normalized spacial score (nSPS) is 10.0. The van der Waals surface area contributed by atoms with Gasteiger partial charge in [-0.05, 0) is 43.0 Å². The summed E-state index contributed by atoms with van der Waals surface area (Å²) in [5.74, 6) is -0.184. The van der Waals surface area contributed by atoms with Crippen LogP contribution in [-0.4, -0.2) is 13.1 Å². The van der Waals surface area contributed by atoms with Gasteiger partial charge < -0.3 is 4.74 Å². The average molecular weight is 192 g/mol. The lowest BCUT2D eigenvalue weighted by molar-refractivity contribution is -0.139. The van der Waals surface area contributed by atoms with E-state index in [1.54, 1.807) is 0 Å². The highest BCUT2D eigenvalue weighted by molar-refractivity contribution is 5.73. The Bertz CT molecular complexity index is 354. The third-order valence-corrected chi connectivity index (χ3v) is 2.73. The van der Waals surface area contributed by atoms with Crippen LogP contribution in [0.5, 0.6) is 0 Å². The zero-order chi connectivity index (χ0) is 10.7. The van der Waals surface area contributed by atoms with Gasteiger partial charge in [-0.25, -0.2) is 0 Å². The minimum atomic E-state index is -0.184. The molecule has 0 amide bonds. The number of hydrogen-bond acceptors (Lipinski definition) is 2. The van der Waals surface area contributed by atoms with E-state index in [2.05, 4.69) is 18.6 Å². The lowest BCUT2D eigenvalue weighted by Gasteiger charge is -2.09. The summed E-state index contributed by atoms with van der Waals surface area (Å²) in [6.45, 7) is 6.19. The van der Waals surface area contributed by atoms with Crippen molar-refractivity contribution in [2.24, 2.45) is 0 Å². The van der Waals surface area contributed by atoms with Crippen LogP contribution in [0.25, 0.3) is 0 Å². The summed E-state index contributed by atoms with van der Waals surface area (Å²) in [5, 5.41) is 0. The van der Waals surface area contributed by atoms with Gasteiger partial charge in [-0.15, -0.1) is 0 Å². The predicted octanol–water partition coefficient (Wildman–Crippen LogP) is 2.33. The standard InChI is InChI=1S/C12H16O2/c1-8-5-6-11(7-12(13)14-4)10(3)9(8)2/h5-6H,7H2,1-4H3. The van der Waals surface area contributed by atoms with Gasteiger partial charge in [-0.2, -0.15) is 0 Å². The lowest BCUT2D eigenvalue weighted by Crippen LogP contribution is -2.06. The first-order valence-electron chi connectivity index (χ1n) is 4.68. The molecule has 0 spiro atoms. The molecule has 76 valence electrons. The Balaban J connectivity index is 3.00. The largest absolute Gasteiger partial charge is 0.469 e. The molecule has 2 nitrogen and oxygen atoms in total. The van der Waals surface area contributed by atoms with Crippen LogP contribution in [0.2, 0.25) is 0 Å². The SMILES string of the molecule is COC(=O)Cc1ccc(C)c(C)c1C. The van der Waals surface area contributed by atoms with Gasteiger partial charge in [0.15, 0.2) is 0 Å². The molecule has 0 radical (unpaired) electrons. The Hall–Kier alpha value is -1.31. The molecule has 0 saturated carbocycles. The number of carbonyl (C=O) groups excluding carboxylic acids is 1. The average Bonchev–Trinajstić information content (AvgIpc) is 2.19. The highest BCUT2D eigenvalue weighted by atomic mass is 16.5. The Morgan fingerprint density at radius 3 is 2.43 bits per heavy atom. The molecule has 0 aliphatic carbocycles. The zero-order valence-electron chi connectivity index (χ0n) is 9.18. The summed E-state index contributed by atoms with van der Waals surface area (Å²) in [7, 11) is 1.42. The van der Waals surface area contributed by atoms with Crippen molar-refractivity contribution in [1.82, 2.24) is 0 Å². The number of carbonyl (C=O) groups is 1. The van der Waals surface area contributed by atoms with Crippen molar-refractivity contribution in [3.8, 4) is 0 Å². The van der Waals surface area contributed by atoms with Gasteiger partial charge in [0.1, 0.15) is 0 Å². The van der Waals surface area contributed by atoms with E-state index in [4.69, 9.17) is 0 Å². The van der Waals surface area contributed by atoms with Crippen molar-refractivity contribution >= 4 is 5.97 Å². The van der Waals surface area contributed by atoms with Crippen LogP contribution < -0.4 is 0 Å². The quantitative estimate of drug-likeness (QED) is 0.672. The lowest BCUT2D eigenvalue weighted by atomic mass is 9.97. The second kappa shape index (κ2) is 4.27. The zero-order valence-corrected chi connectivity index (χ0v) is 9.18. The van der Waals surface area contributed by atoms with Crippen molar-refractivity contribution in [1.29, 1.82) is 0 Å². The summed E-state index contributed by atoms with van der Waals surface area (Å²) in [6, 6.07) is 4.04. The summed E-state index contributed by atoms with van der Waals surface area (Å²) < 4.78 is 4.64.